The van der Waals surface area contributed by atoms with Crippen molar-refractivity contribution < 1.29 is 19.4 Å². The Labute approximate surface area is 146 Å². The third-order valence-corrected chi connectivity index (χ3v) is 5.45. The van der Waals surface area contributed by atoms with Crippen LogP contribution in [0.25, 0.3) is 0 Å². The smallest absolute Gasteiger partial charge is 0.335 e. The summed E-state index contributed by atoms with van der Waals surface area (Å²) >= 11 is 0. The molecule has 2 N–H and O–H groups in total. The number of aromatic carboxylic acids is 1. The molecule has 0 bridgehead atoms. The van der Waals surface area contributed by atoms with Gasteiger partial charge in [0.05, 0.1) is 17.7 Å². The number of benzene rings is 1. The number of carboxylic acid groups (broad SMARTS) is 1. The molecule has 5 nitrogen and oxygen atoms in total. The molecule has 25 heavy (non-hydrogen) atoms. The number of carboxylic acids is 1. The summed E-state index contributed by atoms with van der Waals surface area (Å²) in [6.45, 7) is 0.585. The summed E-state index contributed by atoms with van der Waals surface area (Å²) in [5.74, 6) is -0.931. The van der Waals surface area contributed by atoms with Crippen molar-refractivity contribution in [3.05, 3.63) is 59.2 Å². The highest BCUT2D eigenvalue weighted by Crippen LogP contribution is 2.35. The van der Waals surface area contributed by atoms with Gasteiger partial charge in [0.25, 0.3) is 0 Å². The molecule has 3 aliphatic rings. The average Bonchev–Trinajstić information content (AvgIpc) is 3.03. The van der Waals surface area contributed by atoms with E-state index in [4.69, 9.17) is 4.74 Å². The lowest BCUT2D eigenvalue weighted by molar-refractivity contribution is -0.132. The highest BCUT2D eigenvalue weighted by atomic mass is 16.5. The maximum absolute atomic E-state index is 12.9. The zero-order chi connectivity index (χ0) is 17.4. The number of allylic oxidation sites excluding steroid dienone is 2. The van der Waals surface area contributed by atoms with Crippen molar-refractivity contribution in [1.82, 2.24) is 5.32 Å². The monoisotopic (exact) mass is 339 g/mol. The number of rotatable bonds is 3. The summed E-state index contributed by atoms with van der Waals surface area (Å²) in [6, 6.07) is 5.09. The largest absolute Gasteiger partial charge is 0.478 e. The molecule has 1 saturated heterocycles. The van der Waals surface area contributed by atoms with Crippen molar-refractivity contribution in [3.63, 3.8) is 0 Å². The predicted molar refractivity (Wildman–Crippen MR) is 92.2 cm³/mol. The van der Waals surface area contributed by atoms with E-state index < -0.39 is 5.97 Å². The van der Waals surface area contributed by atoms with Gasteiger partial charge in [-0.25, -0.2) is 4.79 Å². The number of hydrogen-bond acceptors (Lipinski definition) is 3. The Morgan fingerprint density at radius 2 is 2.00 bits per heavy atom. The molecular formula is C20H21NO4. The van der Waals surface area contributed by atoms with Crippen LogP contribution in [0, 0.1) is 11.8 Å². The molecule has 0 spiro atoms. The van der Waals surface area contributed by atoms with Crippen LogP contribution in [-0.4, -0.2) is 29.7 Å². The van der Waals surface area contributed by atoms with Gasteiger partial charge >= 0.3 is 5.97 Å². The Balaban J connectivity index is 1.51. The van der Waals surface area contributed by atoms with Gasteiger partial charge in [-0.2, -0.15) is 0 Å². The first kappa shape index (κ1) is 16.1. The second-order valence-corrected chi connectivity index (χ2v) is 6.90. The number of fused-ring (bicyclic) bond motifs is 2. The van der Waals surface area contributed by atoms with E-state index in [0.29, 0.717) is 13.0 Å². The lowest BCUT2D eigenvalue weighted by atomic mass is 9.80. The van der Waals surface area contributed by atoms with Gasteiger partial charge in [-0.3, -0.25) is 4.79 Å². The number of nitrogens with one attached hydrogen (secondary N) is 1. The third kappa shape index (κ3) is 3.00. The molecule has 1 fully saturated rings. The predicted octanol–water partition coefficient (Wildman–Crippen LogP) is 2.64. The molecule has 1 amide bonds. The topological polar surface area (TPSA) is 75.6 Å². The first-order chi connectivity index (χ1) is 12.1. The Hall–Kier alpha value is -2.40. The van der Waals surface area contributed by atoms with Crippen molar-refractivity contribution in [3.8, 4) is 0 Å². The fraction of sp³-hybridized carbons (Fsp3) is 0.400. The van der Waals surface area contributed by atoms with Gasteiger partial charge in [0.15, 0.2) is 0 Å². The first-order valence-corrected chi connectivity index (χ1v) is 8.76. The van der Waals surface area contributed by atoms with E-state index in [1.165, 1.54) is 0 Å². The van der Waals surface area contributed by atoms with E-state index in [-0.39, 0.29) is 35.5 Å². The fourth-order valence-corrected chi connectivity index (χ4v) is 4.13. The van der Waals surface area contributed by atoms with E-state index in [1.807, 2.05) is 24.3 Å². The Bertz CT molecular complexity index is 767. The maximum atomic E-state index is 12.9. The molecule has 5 heteroatoms. The van der Waals surface area contributed by atoms with Crippen LogP contribution in [0.1, 0.15) is 40.4 Å². The lowest BCUT2D eigenvalue weighted by Gasteiger charge is -2.36. The van der Waals surface area contributed by atoms with Gasteiger partial charge in [0.1, 0.15) is 0 Å². The van der Waals surface area contributed by atoms with E-state index in [0.717, 1.165) is 24.0 Å². The summed E-state index contributed by atoms with van der Waals surface area (Å²) in [4.78, 5) is 24.1. The van der Waals surface area contributed by atoms with Crippen molar-refractivity contribution in [1.29, 1.82) is 0 Å². The Morgan fingerprint density at radius 3 is 2.84 bits per heavy atom. The molecule has 0 aromatic heterocycles. The molecule has 4 rings (SSSR count). The van der Waals surface area contributed by atoms with Crippen LogP contribution in [-0.2, 0) is 16.0 Å². The van der Waals surface area contributed by atoms with E-state index in [1.54, 1.807) is 12.1 Å². The van der Waals surface area contributed by atoms with Gasteiger partial charge in [-0.05, 0) is 42.5 Å². The highest BCUT2D eigenvalue weighted by Gasteiger charge is 2.37. The van der Waals surface area contributed by atoms with Gasteiger partial charge in [0, 0.05) is 18.4 Å². The fourth-order valence-electron chi connectivity index (χ4n) is 4.13. The molecular weight excluding hydrogens is 318 g/mol. The molecule has 4 atom stereocenters. The average molecular weight is 339 g/mol. The minimum atomic E-state index is -0.939. The molecule has 1 heterocycles. The number of hydrogen-bond donors (Lipinski definition) is 2. The second kappa shape index (κ2) is 6.48. The molecule has 130 valence electrons. The van der Waals surface area contributed by atoms with Gasteiger partial charge in [-0.1, -0.05) is 30.4 Å². The quantitative estimate of drug-likeness (QED) is 0.888. The van der Waals surface area contributed by atoms with Gasteiger partial charge in [0.2, 0.25) is 5.91 Å². The van der Waals surface area contributed by atoms with Crippen LogP contribution in [0.15, 0.2) is 42.5 Å². The number of carbonyl (C=O) groups excluding carboxylic acids is 1. The summed E-state index contributed by atoms with van der Waals surface area (Å²) in [7, 11) is 0. The van der Waals surface area contributed by atoms with Crippen LogP contribution in [0.5, 0.6) is 0 Å². The first-order valence-electron chi connectivity index (χ1n) is 8.76. The van der Waals surface area contributed by atoms with Crippen LogP contribution in [0.3, 0.4) is 0 Å². The van der Waals surface area contributed by atoms with Crippen LogP contribution in [0.2, 0.25) is 0 Å². The van der Waals surface area contributed by atoms with Gasteiger partial charge in [-0.15, -0.1) is 0 Å². The van der Waals surface area contributed by atoms with E-state index in [2.05, 4.69) is 11.4 Å². The molecule has 1 aromatic rings. The zero-order valence-electron chi connectivity index (χ0n) is 13.9. The molecule has 3 unspecified atom stereocenters. The van der Waals surface area contributed by atoms with Crippen molar-refractivity contribution in [2.45, 2.75) is 31.4 Å². The summed E-state index contributed by atoms with van der Waals surface area (Å²) in [6.07, 6.45) is 10.4. The highest BCUT2D eigenvalue weighted by molar-refractivity contribution is 5.88. The second-order valence-electron chi connectivity index (χ2n) is 6.90. The maximum Gasteiger partial charge on any atom is 0.335 e. The minimum absolute atomic E-state index is 0.0241. The van der Waals surface area contributed by atoms with Crippen molar-refractivity contribution in [2.75, 3.05) is 6.61 Å². The third-order valence-electron chi connectivity index (χ3n) is 5.45. The summed E-state index contributed by atoms with van der Waals surface area (Å²) in [5, 5.41) is 12.4. The van der Waals surface area contributed by atoms with E-state index in [9.17, 15) is 14.7 Å². The SMILES string of the molecule is O=C(O)c1ccc2c(c1)[C@H](NC(=O)C1CCOC3C=CC=CC31)CC2. The van der Waals surface area contributed by atoms with E-state index >= 15 is 0 Å². The molecule has 0 saturated carbocycles. The molecule has 2 aliphatic carbocycles. The van der Waals surface area contributed by atoms with Crippen molar-refractivity contribution in [2.24, 2.45) is 11.8 Å². The van der Waals surface area contributed by atoms with Crippen molar-refractivity contribution >= 4 is 11.9 Å². The van der Waals surface area contributed by atoms with Crippen LogP contribution < -0.4 is 5.32 Å². The molecule has 0 radical (unpaired) electrons. The lowest BCUT2D eigenvalue weighted by Crippen LogP contribution is -2.44. The number of ether oxygens (including phenoxy) is 1. The van der Waals surface area contributed by atoms with Gasteiger partial charge < -0.3 is 15.2 Å². The molecule has 1 aliphatic heterocycles. The van der Waals surface area contributed by atoms with Crippen LogP contribution >= 0.6 is 0 Å². The summed E-state index contributed by atoms with van der Waals surface area (Å²) < 4.78 is 5.75. The minimum Gasteiger partial charge on any atom is -0.478 e. The van der Waals surface area contributed by atoms with Crippen LogP contribution in [0.4, 0.5) is 0 Å². The number of aryl methyl sites for hydroxylation is 1. The summed E-state index contributed by atoms with van der Waals surface area (Å²) in [5.41, 5.74) is 2.34. The molecule has 1 aromatic carbocycles. The standard InChI is InChI=1S/C20H21NO4/c22-19(15-9-10-25-18-4-2-1-3-14(15)18)21-17-8-7-12-5-6-13(20(23)24)11-16(12)17/h1-6,11,14-15,17-18H,7-10H2,(H,21,22)(H,23,24)/t14?,15?,17-,18?/m1/s1. The Morgan fingerprint density at radius 1 is 1.16 bits per heavy atom. The zero-order valence-corrected chi connectivity index (χ0v) is 13.9. The Kier molecular flexibility index (Phi) is 4.17. The normalized spacial score (nSPS) is 29.8. The number of carbonyl (C=O) groups is 2. The number of amides is 1.